The van der Waals surface area contributed by atoms with Gasteiger partial charge < -0.3 is 5.11 Å². The SMILES string of the molecule is CC(CO)N(C)Cc1ccc(F)cc1Cl. The van der Waals surface area contributed by atoms with Gasteiger partial charge in [0.2, 0.25) is 0 Å². The van der Waals surface area contributed by atoms with Crippen LogP contribution in [0, 0.1) is 5.82 Å². The van der Waals surface area contributed by atoms with Gasteiger partial charge in [-0.1, -0.05) is 17.7 Å². The van der Waals surface area contributed by atoms with E-state index in [1.54, 1.807) is 6.07 Å². The van der Waals surface area contributed by atoms with Crippen molar-refractivity contribution in [1.29, 1.82) is 0 Å². The Hall–Kier alpha value is -0.640. The number of rotatable bonds is 4. The van der Waals surface area contributed by atoms with E-state index < -0.39 is 0 Å². The summed E-state index contributed by atoms with van der Waals surface area (Å²) < 4.78 is 12.8. The lowest BCUT2D eigenvalue weighted by Crippen LogP contribution is -2.31. The maximum absolute atomic E-state index is 12.8. The quantitative estimate of drug-likeness (QED) is 0.860. The number of benzene rings is 1. The van der Waals surface area contributed by atoms with Crippen LogP contribution in [0.2, 0.25) is 5.02 Å². The van der Waals surface area contributed by atoms with Gasteiger partial charge in [0.25, 0.3) is 0 Å². The summed E-state index contributed by atoms with van der Waals surface area (Å²) in [6.07, 6.45) is 0. The highest BCUT2D eigenvalue weighted by Crippen LogP contribution is 2.19. The third-order valence-electron chi connectivity index (χ3n) is 2.45. The van der Waals surface area contributed by atoms with Gasteiger partial charge in [-0.2, -0.15) is 0 Å². The van der Waals surface area contributed by atoms with Crippen LogP contribution in [0.4, 0.5) is 4.39 Å². The van der Waals surface area contributed by atoms with Crippen molar-refractivity contribution in [3.63, 3.8) is 0 Å². The average molecular weight is 232 g/mol. The van der Waals surface area contributed by atoms with E-state index in [9.17, 15) is 4.39 Å². The topological polar surface area (TPSA) is 23.5 Å². The first kappa shape index (κ1) is 12.4. The number of likely N-dealkylation sites (N-methyl/N-ethyl adjacent to an activating group) is 1. The first-order chi connectivity index (χ1) is 7.04. The molecule has 0 aliphatic carbocycles. The molecule has 1 atom stereocenters. The van der Waals surface area contributed by atoms with Gasteiger partial charge in [-0.3, -0.25) is 4.90 Å². The van der Waals surface area contributed by atoms with E-state index in [1.807, 2.05) is 18.9 Å². The van der Waals surface area contributed by atoms with Crippen LogP contribution in [-0.4, -0.2) is 29.7 Å². The van der Waals surface area contributed by atoms with E-state index >= 15 is 0 Å². The summed E-state index contributed by atoms with van der Waals surface area (Å²) in [5.41, 5.74) is 0.862. The predicted octanol–water partition coefficient (Wildman–Crippen LogP) is 2.29. The highest BCUT2D eigenvalue weighted by Gasteiger charge is 2.10. The molecule has 1 N–H and O–H groups in total. The molecule has 84 valence electrons. The molecule has 0 saturated carbocycles. The molecule has 0 bridgehead atoms. The molecule has 0 saturated heterocycles. The van der Waals surface area contributed by atoms with Crippen molar-refractivity contribution in [1.82, 2.24) is 4.90 Å². The van der Waals surface area contributed by atoms with Crippen LogP contribution in [0.25, 0.3) is 0 Å². The highest BCUT2D eigenvalue weighted by atomic mass is 35.5. The number of aliphatic hydroxyl groups is 1. The number of halogens is 2. The van der Waals surface area contributed by atoms with E-state index in [1.165, 1.54) is 12.1 Å². The van der Waals surface area contributed by atoms with Crippen molar-refractivity contribution in [2.45, 2.75) is 19.5 Å². The predicted molar refractivity (Wildman–Crippen MR) is 59.4 cm³/mol. The second-order valence-corrected chi connectivity index (χ2v) is 4.09. The Bertz CT molecular complexity index is 332. The molecule has 0 aromatic heterocycles. The van der Waals surface area contributed by atoms with Crippen LogP contribution < -0.4 is 0 Å². The first-order valence-corrected chi connectivity index (χ1v) is 5.17. The molecular weight excluding hydrogens is 217 g/mol. The van der Waals surface area contributed by atoms with Gasteiger partial charge in [0, 0.05) is 17.6 Å². The van der Waals surface area contributed by atoms with Gasteiger partial charge in [0.1, 0.15) is 5.82 Å². The molecule has 0 radical (unpaired) electrons. The Labute approximate surface area is 94.3 Å². The molecule has 1 rings (SSSR count). The summed E-state index contributed by atoms with van der Waals surface area (Å²) in [6, 6.07) is 4.41. The van der Waals surface area contributed by atoms with Crippen molar-refractivity contribution >= 4 is 11.6 Å². The van der Waals surface area contributed by atoms with Crippen molar-refractivity contribution in [2.24, 2.45) is 0 Å². The van der Waals surface area contributed by atoms with Gasteiger partial charge in [-0.25, -0.2) is 4.39 Å². The molecule has 4 heteroatoms. The highest BCUT2D eigenvalue weighted by molar-refractivity contribution is 6.31. The third-order valence-corrected chi connectivity index (χ3v) is 2.80. The van der Waals surface area contributed by atoms with Crippen LogP contribution >= 0.6 is 11.6 Å². The zero-order chi connectivity index (χ0) is 11.4. The van der Waals surface area contributed by atoms with E-state index in [0.717, 1.165) is 5.56 Å². The number of aliphatic hydroxyl groups excluding tert-OH is 1. The molecule has 2 nitrogen and oxygen atoms in total. The van der Waals surface area contributed by atoms with Gasteiger partial charge in [-0.15, -0.1) is 0 Å². The number of nitrogens with zero attached hydrogens (tertiary/aromatic N) is 1. The van der Waals surface area contributed by atoms with Crippen LogP contribution in [0.3, 0.4) is 0 Å². The number of hydrogen-bond donors (Lipinski definition) is 1. The molecule has 0 aliphatic heterocycles. The van der Waals surface area contributed by atoms with Gasteiger partial charge in [-0.05, 0) is 31.7 Å². The fourth-order valence-electron chi connectivity index (χ4n) is 1.21. The van der Waals surface area contributed by atoms with E-state index in [4.69, 9.17) is 16.7 Å². The minimum atomic E-state index is -0.332. The Morgan fingerprint density at radius 2 is 2.20 bits per heavy atom. The summed E-state index contributed by atoms with van der Waals surface area (Å²) in [7, 11) is 1.89. The van der Waals surface area contributed by atoms with Crippen molar-refractivity contribution < 1.29 is 9.50 Å². The molecule has 0 heterocycles. The molecule has 0 spiro atoms. The minimum Gasteiger partial charge on any atom is -0.395 e. The van der Waals surface area contributed by atoms with Gasteiger partial charge in [0.05, 0.1) is 6.61 Å². The molecule has 1 aromatic rings. The van der Waals surface area contributed by atoms with Crippen molar-refractivity contribution in [3.05, 3.63) is 34.6 Å². The van der Waals surface area contributed by atoms with Gasteiger partial charge in [0.15, 0.2) is 0 Å². The van der Waals surface area contributed by atoms with E-state index in [-0.39, 0.29) is 18.5 Å². The fraction of sp³-hybridized carbons (Fsp3) is 0.455. The second kappa shape index (κ2) is 5.45. The molecule has 0 aliphatic rings. The average Bonchev–Trinajstić information content (AvgIpc) is 2.20. The Morgan fingerprint density at radius 1 is 1.53 bits per heavy atom. The van der Waals surface area contributed by atoms with E-state index in [2.05, 4.69) is 0 Å². The molecular formula is C11H15ClFNO. The Kier molecular flexibility index (Phi) is 4.51. The lowest BCUT2D eigenvalue weighted by Gasteiger charge is -2.23. The standard InChI is InChI=1S/C11H15ClFNO/c1-8(7-15)14(2)6-9-3-4-10(13)5-11(9)12/h3-5,8,15H,6-7H2,1-2H3. The monoisotopic (exact) mass is 231 g/mol. The maximum atomic E-state index is 12.8. The van der Waals surface area contributed by atoms with Crippen molar-refractivity contribution in [2.75, 3.05) is 13.7 Å². The summed E-state index contributed by atoms with van der Waals surface area (Å²) in [6.45, 7) is 2.60. The van der Waals surface area contributed by atoms with Crippen LogP contribution in [0.5, 0.6) is 0 Å². The minimum absolute atomic E-state index is 0.0612. The maximum Gasteiger partial charge on any atom is 0.124 e. The largest absolute Gasteiger partial charge is 0.395 e. The van der Waals surface area contributed by atoms with Crippen molar-refractivity contribution in [3.8, 4) is 0 Å². The van der Waals surface area contributed by atoms with Gasteiger partial charge >= 0.3 is 0 Å². The summed E-state index contributed by atoms with van der Waals surface area (Å²) in [5.74, 6) is -0.332. The zero-order valence-corrected chi connectivity index (χ0v) is 9.63. The molecule has 0 fully saturated rings. The smallest absolute Gasteiger partial charge is 0.124 e. The Morgan fingerprint density at radius 3 is 2.73 bits per heavy atom. The lowest BCUT2D eigenvalue weighted by atomic mass is 10.2. The summed E-state index contributed by atoms with van der Waals surface area (Å²) in [5, 5.41) is 9.39. The number of hydrogen-bond acceptors (Lipinski definition) is 2. The molecule has 15 heavy (non-hydrogen) atoms. The fourth-order valence-corrected chi connectivity index (χ4v) is 1.44. The van der Waals surface area contributed by atoms with Crippen LogP contribution in [0.15, 0.2) is 18.2 Å². The molecule has 1 aromatic carbocycles. The second-order valence-electron chi connectivity index (χ2n) is 3.68. The zero-order valence-electron chi connectivity index (χ0n) is 8.87. The Balaban J connectivity index is 2.72. The normalized spacial score (nSPS) is 13.2. The summed E-state index contributed by atoms with van der Waals surface area (Å²) >= 11 is 5.89. The van der Waals surface area contributed by atoms with Crippen LogP contribution in [0.1, 0.15) is 12.5 Å². The summed E-state index contributed by atoms with van der Waals surface area (Å²) in [4.78, 5) is 1.96. The van der Waals surface area contributed by atoms with E-state index in [0.29, 0.717) is 11.6 Å². The molecule has 0 amide bonds. The first-order valence-electron chi connectivity index (χ1n) is 4.79. The third kappa shape index (κ3) is 3.45. The molecule has 1 unspecified atom stereocenters. The van der Waals surface area contributed by atoms with Crippen LogP contribution in [-0.2, 0) is 6.54 Å². The lowest BCUT2D eigenvalue weighted by molar-refractivity contribution is 0.154.